The van der Waals surface area contributed by atoms with E-state index < -0.39 is 0 Å². The average molecular weight is 265 g/mol. The molecule has 98 valence electrons. The number of amides is 1. The third-order valence-corrected chi connectivity index (χ3v) is 4.48. The van der Waals surface area contributed by atoms with E-state index in [1.165, 1.54) is 25.0 Å². The Labute approximate surface area is 112 Å². The summed E-state index contributed by atoms with van der Waals surface area (Å²) >= 11 is 1.95. The maximum atomic E-state index is 12.0. The lowest BCUT2D eigenvalue weighted by Crippen LogP contribution is -2.32. The fourth-order valence-electron chi connectivity index (χ4n) is 2.04. The molecule has 1 saturated heterocycles. The number of carbonyl (C=O) groups is 1. The first-order valence-corrected chi connectivity index (χ1v) is 7.33. The molecule has 1 amide bonds. The Kier molecular flexibility index (Phi) is 4.47. The van der Waals surface area contributed by atoms with Gasteiger partial charge in [0.1, 0.15) is 0 Å². The highest BCUT2D eigenvalue weighted by Crippen LogP contribution is 2.24. The summed E-state index contributed by atoms with van der Waals surface area (Å²) in [7, 11) is 0. The molecule has 1 aromatic heterocycles. The van der Waals surface area contributed by atoms with Crippen molar-refractivity contribution in [3.63, 3.8) is 0 Å². The molecule has 1 fully saturated rings. The monoisotopic (exact) mass is 265 g/mol. The van der Waals surface area contributed by atoms with Crippen LogP contribution in [0.15, 0.2) is 12.3 Å². The predicted octanol–water partition coefficient (Wildman–Crippen LogP) is 1.99. The second kappa shape index (κ2) is 6.09. The SMILES string of the molecule is Cc1cc(N)c(C(=O)NCC2CCCCS2)cn1. The van der Waals surface area contributed by atoms with E-state index in [9.17, 15) is 4.79 Å². The van der Waals surface area contributed by atoms with Gasteiger partial charge in [-0.05, 0) is 31.6 Å². The Morgan fingerprint density at radius 1 is 1.61 bits per heavy atom. The number of carbonyl (C=O) groups excluding carboxylic acids is 1. The van der Waals surface area contributed by atoms with Gasteiger partial charge in [-0.2, -0.15) is 11.8 Å². The van der Waals surface area contributed by atoms with Gasteiger partial charge in [0.2, 0.25) is 0 Å². The van der Waals surface area contributed by atoms with Crippen molar-refractivity contribution in [2.24, 2.45) is 0 Å². The van der Waals surface area contributed by atoms with Crippen LogP contribution < -0.4 is 11.1 Å². The standard InChI is InChI=1S/C13H19N3OS/c1-9-6-12(14)11(8-15-9)13(17)16-7-10-4-2-3-5-18-10/h6,8,10H,2-5,7H2,1H3,(H2,14,15)(H,16,17). The summed E-state index contributed by atoms with van der Waals surface area (Å²) in [5.74, 6) is 1.08. The molecule has 0 radical (unpaired) electrons. The van der Waals surface area contributed by atoms with E-state index >= 15 is 0 Å². The Bertz CT molecular complexity index is 430. The molecule has 1 aliphatic heterocycles. The quantitative estimate of drug-likeness (QED) is 0.877. The molecule has 1 unspecified atom stereocenters. The van der Waals surface area contributed by atoms with Gasteiger partial charge >= 0.3 is 0 Å². The second-order valence-corrected chi connectivity index (χ2v) is 6.02. The summed E-state index contributed by atoms with van der Waals surface area (Å²) in [5.41, 5.74) is 7.62. The molecule has 0 aliphatic carbocycles. The highest BCUT2D eigenvalue weighted by atomic mass is 32.2. The minimum absolute atomic E-state index is 0.119. The van der Waals surface area contributed by atoms with Crippen LogP contribution in [-0.4, -0.2) is 28.4 Å². The minimum atomic E-state index is -0.119. The average Bonchev–Trinajstić information content (AvgIpc) is 2.37. The zero-order valence-corrected chi connectivity index (χ0v) is 11.4. The topological polar surface area (TPSA) is 68.0 Å². The van der Waals surface area contributed by atoms with Crippen molar-refractivity contribution >= 4 is 23.4 Å². The van der Waals surface area contributed by atoms with Gasteiger partial charge in [0.25, 0.3) is 5.91 Å². The molecule has 18 heavy (non-hydrogen) atoms. The first-order valence-electron chi connectivity index (χ1n) is 6.29. The first-order chi connectivity index (χ1) is 8.66. The van der Waals surface area contributed by atoms with Gasteiger partial charge in [-0.3, -0.25) is 9.78 Å². The minimum Gasteiger partial charge on any atom is -0.398 e. The Hall–Kier alpha value is -1.23. The molecule has 5 heteroatoms. The van der Waals surface area contributed by atoms with Crippen molar-refractivity contribution in [1.82, 2.24) is 10.3 Å². The van der Waals surface area contributed by atoms with Crippen molar-refractivity contribution in [2.45, 2.75) is 31.4 Å². The van der Waals surface area contributed by atoms with Crippen molar-refractivity contribution in [3.05, 3.63) is 23.5 Å². The number of hydrogen-bond donors (Lipinski definition) is 2. The molecule has 4 nitrogen and oxygen atoms in total. The smallest absolute Gasteiger partial charge is 0.254 e. The highest BCUT2D eigenvalue weighted by Gasteiger charge is 2.16. The van der Waals surface area contributed by atoms with E-state index in [-0.39, 0.29) is 5.91 Å². The van der Waals surface area contributed by atoms with Crippen LogP contribution in [0, 0.1) is 6.92 Å². The molecular weight excluding hydrogens is 246 g/mol. The molecule has 1 atom stereocenters. The van der Waals surface area contributed by atoms with Crippen LogP contribution in [0.1, 0.15) is 35.3 Å². The lowest BCUT2D eigenvalue weighted by atomic mass is 10.1. The van der Waals surface area contributed by atoms with Crippen LogP contribution >= 0.6 is 11.8 Å². The molecule has 3 N–H and O–H groups in total. The van der Waals surface area contributed by atoms with Gasteiger partial charge in [0.05, 0.1) is 5.56 Å². The fourth-order valence-corrected chi connectivity index (χ4v) is 3.28. The van der Waals surface area contributed by atoms with Crippen LogP contribution in [0.5, 0.6) is 0 Å². The molecule has 2 heterocycles. The molecule has 0 spiro atoms. The van der Waals surface area contributed by atoms with Crippen LogP contribution in [-0.2, 0) is 0 Å². The maximum Gasteiger partial charge on any atom is 0.254 e. The van der Waals surface area contributed by atoms with Gasteiger partial charge in [-0.25, -0.2) is 0 Å². The molecule has 0 aromatic carbocycles. The number of nitrogen functional groups attached to an aromatic ring is 1. The van der Waals surface area contributed by atoms with Crippen molar-refractivity contribution in [2.75, 3.05) is 18.0 Å². The number of pyridine rings is 1. The number of aromatic nitrogens is 1. The number of hydrogen-bond acceptors (Lipinski definition) is 4. The summed E-state index contributed by atoms with van der Waals surface area (Å²) in [6, 6.07) is 1.73. The lowest BCUT2D eigenvalue weighted by Gasteiger charge is -2.21. The van der Waals surface area contributed by atoms with Crippen LogP contribution in [0.4, 0.5) is 5.69 Å². The van der Waals surface area contributed by atoms with E-state index in [0.29, 0.717) is 16.5 Å². The van der Waals surface area contributed by atoms with E-state index in [1.807, 2.05) is 18.7 Å². The van der Waals surface area contributed by atoms with E-state index in [2.05, 4.69) is 10.3 Å². The van der Waals surface area contributed by atoms with E-state index in [4.69, 9.17) is 5.73 Å². The summed E-state index contributed by atoms with van der Waals surface area (Å²) in [5, 5.41) is 3.49. The number of nitrogens with one attached hydrogen (secondary N) is 1. The number of nitrogens with zero attached hydrogens (tertiary/aromatic N) is 1. The largest absolute Gasteiger partial charge is 0.398 e. The number of thioether (sulfide) groups is 1. The van der Waals surface area contributed by atoms with Gasteiger partial charge in [0, 0.05) is 29.4 Å². The number of anilines is 1. The Morgan fingerprint density at radius 3 is 3.11 bits per heavy atom. The number of nitrogens with two attached hydrogens (primary N) is 1. The maximum absolute atomic E-state index is 12.0. The molecule has 1 aromatic rings. The molecule has 0 saturated carbocycles. The van der Waals surface area contributed by atoms with Crippen molar-refractivity contribution in [1.29, 1.82) is 0 Å². The van der Waals surface area contributed by atoms with Crippen molar-refractivity contribution in [3.8, 4) is 0 Å². The van der Waals surface area contributed by atoms with Crippen molar-refractivity contribution < 1.29 is 4.79 Å². The predicted molar refractivity (Wildman–Crippen MR) is 75.8 cm³/mol. The number of rotatable bonds is 3. The summed E-state index contributed by atoms with van der Waals surface area (Å²) < 4.78 is 0. The van der Waals surface area contributed by atoms with Gasteiger partial charge < -0.3 is 11.1 Å². The van der Waals surface area contributed by atoms with Gasteiger partial charge in [-0.1, -0.05) is 6.42 Å². The third-order valence-electron chi connectivity index (χ3n) is 3.08. The van der Waals surface area contributed by atoms with Crippen LogP contribution in [0.2, 0.25) is 0 Å². The normalized spacial score (nSPS) is 19.5. The van der Waals surface area contributed by atoms with Crippen LogP contribution in [0.3, 0.4) is 0 Å². The Morgan fingerprint density at radius 2 is 2.44 bits per heavy atom. The highest BCUT2D eigenvalue weighted by molar-refractivity contribution is 7.99. The zero-order valence-electron chi connectivity index (χ0n) is 10.6. The summed E-state index contributed by atoms with van der Waals surface area (Å²) in [4.78, 5) is 16.1. The summed E-state index contributed by atoms with van der Waals surface area (Å²) in [6.07, 6.45) is 5.30. The Balaban J connectivity index is 1.90. The molecule has 1 aliphatic rings. The van der Waals surface area contributed by atoms with E-state index in [1.54, 1.807) is 12.3 Å². The third kappa shape index (κ3) is 3.38. The first kappa shape index (κ1) is 13.2. The molecule has 0 bridgehead atoms. The van der Waals surface area contributed by atoms with Gasteiger partial charge in [0.15, 0.2) is 0 Å². The lowest BCUT2D eigenvalue weighted by molar-refractivity contribution is 0.0954. The summed E-state index contributed by atoms with van der Waals surface area (Å²) in [6.45, 7) is 2.58. The van der Waals surface area contributed by atoms with Gasteiger partial charge in [-0.15, -0.1) is 0 Å². The molecule has 2 rings (SSSR count). The van der Waals surface area contributed by atoms with Crippen LogP contribution in [0.25, 0.3) is 0 Å². The number of aryl methyl sites for hydroxylation is 1. The molecular formula is C13H19N3OS. The van der Waals surface area contributed by atoms with E-state index in [0.717, 1.165) is 12.2 Å². The second-order valence-electron chi connectivity index (χ2n) is 4.61. The zero-order chi connectivity index (χ0) is 13.0. The fraction of sp³-hybridized carbons (Fsp3) is 0.538.